The van der Waals surface area contributed by atoms with Crippen LogP contribution in [-0.4, -0.2) is 23.8 Å². The number of rotatable bonds is 6. The van der Waals surface area contributed by atoms with Gasteiger partial charge in [0.2, 0.25) is 0 Å². The third kappa shape index (κ3) is 5.48. The van der Waals surface area contributed by atoms with E-state index in [1.165, 1.54) is 29.4 Å². The smallest absolute Gasteiger partial charge is 0.347 e. The highest BCUT2D eigenvalue weighted by Crippen LogP contribution is 2.29. The Labute approximate surface area is 176 Å². The zero-order valence-electron chi connectivity index (χ0n) is 16.1. The molecule has 0 aliphatic rings. The predicted octanol–water partition coefficient (Wildman–Crippen LogP) is 4.97. The van der Waals surface area contributed by atoms with Crippen LogP contribution in [0.1, 0.15) is 36.7 Å². The van der Waals surface area contributed by atoms with Crippen molar-refractivity contribution < 1.29 is 22.8 Å². The van der Waals surface area contributed by atoms with E-state index < -0.39 is 11.7 Å². The molecule has 8 heteroatoms. The first-order valence-electron chi connectivity index (χ1n) is 9.06. The van der Waals surface area contributed by atoms with Crippen LogP contribution in [-0.2, 0) is 19.3 Å². The number of nitrogens with one attached hydrogen (secondary N) is 1. The second-order valence-electron chi connectivity index (χ2n) is 6.72. The minimum absolute atomic E-state index is 0.0569. The van der Waals surface area contributed by atoms with Gasteiger partial charge in [-0.2, -0.15) is 13.2 Å². The molecule has 0 bridgehead atoms. The molecule has 2 amide bonds. The summed E-state index contributed by atoms with van der Waals surface area (Å²) >= 11 is 1.35. The zero-order valence-corrected chi connectivity index (χ0v) is 16.9. The van der Waals surface area contributed by atoms with E-state index in [2.05, 4.69) is 5.32 Å². The molecule has 0 saturated heterocycles. The summed E-state index contributed by atoms with van der Waals surface area (Å²) in [6.45, 7) is 0.382. The van der Waals surface area contributed by atoms with Crippen LogP contribution in [0.4, 0.5) is 13.2 Å². The molecule has 0 spiro atoms. The van der Waals surface area contributed by atoms with Crippen LogP contribution in [0.2, 0.25) is 0 Å². The number of carbonyl (C=O) groups excluding carboxylic acids is 2. The number of benzene rings is 2. The summed E-state index contributed by atoms with van der Waals surface area (Å²) in [6.07, 6.45) is -4.42. The summed E-state index contributed by atoms with van der Waals surface area (Å²) < 4.78 is 38.6. The van der Waals surface area contributed by atoms with Gasteiger partial charge in [0.15, 0.2) is 0 Å². The third-order valence-corrected chi connectivity index (χ3v) is 5.29. The predicted molar refractivity (Wildman–Crippen MR) is 109 cm³/mol. The molecule has 3 rings (SSSR count). The standard InChI is InChI=1S/C22H19F3N2O2S/c1-27(14-16-4-2-5-18(12-16)22(23,24)25)21(29)17-9-7-15(8-10-17)13-26-20(28)19-6-3-11-30-19/h2-12H,13-14H2,1H3,(H,26,28). The van der Waals surface area contributed by atoms with E-state index in [0.717, 1.165) is 17.7 Å². The Morgan fingerprint density at radius 2 is 1.73 bits per heavy atom. The molecule has 0 fully saturated rings. The lowest BCUT2D eigenvalue weighted by atomic mass is 10.1. The second-order valence-corrected chi connectivity index (χ2v) is 7.66. The lowest BCUT2D eigenvalue weighted by Crippen LogP contribution is -2.26. The Balaban J connectivity index is 1.59. The Morgan fingerprint density at radius 3 is 2.37 bits per heavy atom. The van der Waals surface area contributed by atoms with Gasteiger partial charge in [0.05, 0.1) is 10.4 Å². The van der Waals surface area contributed by atoms with Gasteiger partial charge in [-0.3, -0.25) is 9.59 Å². The van der Waals surface area contributed by atoms with Crippen molar-refractivity contribution in [3.05, 3.63) is 93.2 Å². The number of halogens is 3. The van der Waals surface area contributed by atoms with Gasteiger partial charge < -0.3 is 10.2 Å². The van der Waals surface area contributed by atoms with E-state index in [1.54, 1.807) is 42.5 Å². The average Bonchev–Trinajstić information content (AvgIpc) is 3.26. The van der Waals surface area contributed by atoms with E-state index >= 15 is 0 Å². The molecule has 1 aromatic heterocycles. The van der Waals surface area contributed by atoms with Gasteiger partial charge in [0.25, 0.3) is 11.8 Å². The maximum atomic E-state index is 12.9. The van der Waals surface area contributed by atoms with Crippen LogP contribution in [0.15, 0.2) is 66.0 Å². The largest absolute Gasteiger partial charge is 0.416 e. The van der Waals surface area contributed by atoms with Crippen molar-refractivity contribution in [2.24, 2.45) is 0 Å². The minimum atomic E-state index is -4.42. The molecule has 0 atom stereocenters. The molecule has 1 N–H and O–H groups in total. The van der Waals surface area contributed by atoms with Crippen LogP contribution in [0.5, 0.6) is 0 Å². The van der Waals surface area contributed by atoms with Gasteiger partial charge in [0, 0.05) is 25.7 Å². The second kappa shape index (κ2) is 9.13. The minimum Gasteiger partial charge on any atom is -0.347 e. The molecular weight excluding hydrogens is 413 g/mol. The number of carbonyl (C=O) groups is 2. The first-order chi connectivity index (χ1) is 14.2. The van der Waals surface area contributed by atoms with Crippen molar-refractivity contribution in [1.29, 1.82) is 0 Å². The van der Waals surface area contributed by atoms with Crippen LogP contribution < -0.4 is 5.32 Å². The summed E-state index contributed by atoms with van der Waals surface area (Å²) in [5.74, 6) is -0.465. The SMILES string of the molecule is CN(Cc1cccc(C(F)(F)F)c1)C(=O)c1ccc(CNC(=O)c2cccs2)cc1. The maximum Gasteiger partial charge on any atom is 0.416 e. The highest BCUT2D eigenvalue weighted by molar-refractivity contribution is 7.12. The van der Waals surface area contributed by atoms with Crippen molar-refractivity contribution in [1.82, 2.24) is 10.2 Å². The van der Waals surface area contributed by atoms with E-state index in [-0.39, 0.29) is 18.4 Å². The van der Waals surface area contributed by atoms with E-state index in [0.29, 0.717) is 22.5 Å². The first-order valence-corrected chi connectivity index (χ1v) is 9.94. The zero-order chi connectivity index (χ0) is 21.7. The van der Waals surface area contributed by atoms with Gasteiger partial charge in [-0.05, 0) is 46.8 Å². The highest BCUT2D eigenvalue weighted by atomic mass is 32.1. The Morgan fingerprint density at radius 1 is 1.00 bits per heavy atom. The van der Waals surface area contributed by atoms with Crippen molar-refractivity contribution in [2.45, 2.75) is 19.3 Å². The third-order valence-electron chi connectivity index (χ3n) is 4.42. The molecule has 2 aromatic carbocycles. The van der Waals surface area contributed by atoms with Gasteiger partial charge in [0.1, 0.15) is 0 Å². The quantitative estimate of drug-likeness (QED) is 0.598. The van der Waals surface area contributed by atoms with Crippen molar-refractivity contribution >= 4 is 23.2 Å². The number of amides is 2. The molecule has 3 aromatic rings. The average molecular weight is 432 g/mol. The monoisotopic (exact) mass is 432 g/mol. The lowest BCUT2D eigenvalue weighted by Gasteiger charge is -2.18. The fraction of sp³-hybridized carbons (Fsp3) is 0.182. The van der Waals surface area contributed by atoms with Gasteiger partial charge in [-0.1, -0.05) is 30.3 Å². The lowest BCUT2D eigenvalue weighted by molar-refractivity contribution is -0.137. The summed E-state index contributed by atoms with van der Waals surface area (Å²) in [5.41, 5.74) is 0.901. The van der Waals surface area contributed by atoms with E-state index in [9.17, 15) is 22.8 Å². The van der Waals surface area contributed by atoms with Crippen molar-refractivity contribution in [3.8, 4) is 0 Å². The fourth-order valence-corrected chi connectivity index (χ4v) is 3.49. The topological polar surface area (TPSA) is 49.4 Å². The van der Waals surface area contributed by atoms with E-state index in [4.69, 9.17) is 0 Å². The number of hydrogen-bond acceptors (Lipinski definition) is 3. The van der Waals surface area contributed by atoms with Crippen LogP contribution in [0, 0.1) is 0 Å². The number of hydrogen-bond donors (Lipinski definition) is 1. The van der Waals surface area contributed by atoms with Crippen molar-refractivity contribution in [2.75, 3.05) is 7.05 Å². The van der Waals surface area contributed by atoms with Gasteiger partial charge in [-0.15, -0.1) is 11.3 Å². The molecule has 0 aliphatic heterocycles. The molecule has 1 heterocycles. The Hall–Kier alpha value is -3.13. The van der Waals surface area contributed by atoms with Crippen LogP contribution in [0.3, 0.4) is 0 Å². The fourth-order valence-electron chi connectivity index (χ4n) is 2.85. The molecule has 0 aliphatic carbocycles. The van der Waals surface area contributed by atoms with Crippen molar-refractivity contribution in [3.63, 3.8) is 0 Å². The number of alkyl halides is 3. The summed E-state index contributed by atoms with van der Waals surface area (Å²) in [5, 5.41) is 4.63. The molecular formula is C22H19F3N2O2S. The summed E-state index contributed by atoms with van der Waals surface area (Å²) in [6, 6.07) is 15.2. The summed E-state index contributed by atoms with van der Waals surface area (Å²) in [7, 11) is 1.54. The number of nitrogens with zero attached hydrogens (tertiary/aromatic N) is 1. The van der Waals surface area contributed by atoms with Crippen LogP contribution >= 0.6 is 11.3 Å². The maximum absolute atomic E-state index is 12.9. The molecule has 156 valence electrons. The normalized spacial score (nSPS) is 11.2. The number of thiophene rings is 1. The first kappa shape index (κ1) is 21.6. The van der Waals surface area contributed by atoms with Crippen LogP contribution in [0.25, 0.3) is 0 Å². The summed E-state index contributed by atoms with van der Waals surface area (Å²) in [4.78, 5) is 26.6. The molecule has 30 heavy (non-hydrogen) atoms. The molecule has 4 nitrogen and oxygen atoms in total. The van der Waals surface area contributed by atoms with Gasteiger partial charge >= 0.3 is 6.18 Å². The molecule has 0 radical (unpaired) electrons. The Bertz CT molecular complexity index is 1020. The van der Waals surface area contributed by atoms with E-state index in [1.807, 2.05) is 5.38 Å². The molecule has 0 saturated carbocycles. The highest BCUT2D eigenvalue weighted by Gasteiger charge is 2.30. The Kier molecular flexibility index (Phi) is 6.56. The molecule has 0 unspecified atom stereocenters. The van der Waals surface area contributed by atoms with Gasteiger partial charge in [-0.25, -0.2) is 0 Å².